The normalized spacial score (nSPS) is 12.5. The third-order valence-electron chi connectivity index (χ3n) is 11.0. The van der Waals surface area contributed by atoms with E-state index in [0.29, 0.717) is 19.3 Å². The van der Waals surface area contributed by atoms with Gasteiger partial charge in [-0.25, -0.2) is 0 Å². The summed E-state index contributed by atoms with van der Waals surface area (Å²) in [5.74, 6) is -0.919. The molecular weight excluding hydrogens is 757 g/mol. The summed E-state index contributed by atoms with van der Waals surface area (Å²) >= 11 is 0. The minimum absolute atomic E-state index is 0.0864. The first-order valence-electron chi connectivity index (χ1n) is 25.8. The summed E-state index contributed by atoms with van der Waals surface area (Å²) < 4.78 is 16.7. The zero-order chi connectivity index (χ0) is 44.4. The molecule has 0 saturated carbocycles. The molecule has 0 saturated heterocycles. The van der Waals surface area contributed by atoms with Crippen molar-refractivity contribution in [2.45, 2.75) is 258 Å². The maximum absolute atomic E-state index is 12.8. The van der Waals surface area contributed by atoms with Crippen LogP contribution in [0.3, 0.4) is 0 Å². The fourth-order valence-corrected chi connectivity index (χ4v) is 7.08. The molecule has 6 nitrogen and oxygen atoms in total. The maximum atomic E-state index is 12.8. The van der Waals surface area contributed by atoms with E-state index in [-0.39, 0.29) is 31.1 Å². The van der Waals surface area contributed by atoms with E-state index in [1.54, 1.807) is 0 Å². The first-order chi connectivity index (χ1) is 30.0. The number of allylic oxidation sites excluding steroid dienone is 10. The quantitative estimate of drug-likeness (QED) is 0.0263. The molecule has 0 aromatic rings. The van der Waals surface area contributed by atoms with Crippen LogP contribution in [0.1, 0.15) is 252 Å². The van der Waals surface area contributed by atoms with Gasteiger partial charge in [-0.1, -0.05) is 197 Å². The van der Waals surface area contributed by atoms with Crippen LogP contribution in [0, 0.1) is 0 Å². The molecule has 1 atom stereocenters. The highest BCUT2D eigenvalue weighted by atomic mass is 16.6. The van der Waals surface area contributed by atoms with E-state index in [4.69, 9.17) is 14.2 Å². The van der Waals surface area contributed by atoms with Crippen LogP contribution in [0.2, 0.25) is 0 Å². The summed E-state index contributed by atoms with van der Waals surface area (Å²) in [5.41, 5.74) is 0. The highest BCUT2D eigenvalue weighted by molar-refractivity contribution is 5.71. The summed E-state index contributed by atoms with van der Waals surface area (Å²) in [7, 11) is 0. The minimum atomic E-state index is -0.786. The van der Waals surface area contributed by atoms with Gasteiger partial charge in [0.15, 0.2) is 6.10 Å². The zero-order valence-corrected chi connectivity index (χ0v) is 40.2. The Labute approximate surface area is 377 Å². The highest BCUT2D eigenvalue weighted by Crippen LogP contribution is 2.14. The van der Waals surface area contributed by atoms with E-state index in [1.807, 2.05) is 0 Å². The number of unbranched alkanes of at least 4 members (excludes halogenated alkanes) is 25. The fraction of sp³-hybridized carbons (Fsp3) is 0.764. The molecule has 0 radical (unpaired) electrons. The SMILES string of the molecule is CC/C=C\C/C=C\C/C=C\CCCCCCCCCCCC(=O)OCC(COC(=O)CCCCCC/C=C\CCCC)OC(=O)CCCCC/C=C\CCCCCCCCC. The molecule has 0 heterocycles. The van der Waals surface area contributed by atoms with Gasteiger partial charge in [0.05, 0.1) is 0 Å². The molecule has 0 rings (SSSR count). The topological polar surface area (TPSA) is 78.9 Å². The van der Waals surface area contributed by atoms with Crippen LogP contribution >= 0.6 is 0 Å². The van der Waals surface area contributed by atoms with E-state index >= 15 is 0 Å². The van der Waals surface area contributed by atoms with Gasteiger partial charge in [0.25, 0.3) is 0 Å². The smallest absolute Gasteiger partial charge is 0.306 e. The van der Waals surface area contributed by atoms with E-state index in [0.717, 1.165) is 109 Å². The van der Waals surface area contributed by atoms with Gasteiger partial charge in [-0.2, -0.15) is 0 Å². The Morgan fingerprint density at radius 3 is 1.08 bits per heavy atom. The van der Waals surface area contributed by atoms with Crippen molar-refractivity contribution in [3.63, 3.8) is 0 Å². The predicted octanol–water partition coefficient (Wildman–Crippen LogP) is 16.9. The van der Waals surface area contributed by atoms with Crippen LogP contribution in [0.5, 0.6) is 0 Å². The summed E-state index contributed by atoms with van der Waals surface area (Å²) in [5, 5.41) is 0. The molecule has 1 unspecified atom stereocenters. The average molecular weight is 853 g/mol. The standard InChI is InChI=1S/C55H96O6/c1-4-7-10-13-16-19-22-24-26-27-28-29-30-32-33-36-39-42-45-48-54(57)60-51-52(50-59-53(56)47-44-41-38-35-21-18-15-12-9-6-3)61-55(58)49-46-43-40-37-34-31-25-23-20-17-14-11-8-5-2/h7,10,15-16,18-19,24,26,31,34,52H,4-6,8-9,11-14,17,20-23,25,27-30,32-33,35-51H2,1-3H3/b10-7-,18-15-,19-16-,26-24-,34-31-. The van der Waals surface area contributed by atoms with Crippen molar-refractivity contribution < 1.29 is 28.6 Å². The molecule has 0 aliphatic heterocycles. The van der Waals surface area contributed by atoms with Crippen molar-refractivity contribution >= 4 is 17.9 Å². The van der Waals surface area contributed by atoms with Crippen molar-refractivity contribution in [1.29, 1.82) is 0 Å². The Kier molecular flexibility index (Phi) is 47.4. The average Bonchev–Trinajstić information content (AvgIpc) is 3.26. The van der Waals surface area contributed by atoms with Crippen molar-refractivity contribution in [2.24, 2.45) is 0 Å². The van der Waals surface area contributed by atoms with Crippen molar-refractivity contribution in [2.75, 3.05) is 13.2 Å². The van der Waals surface area contributed by atoms with Crippen molar-refractivity contribution in [1.82, 2.24) is 0 Å². The Bertz CT molecular complexity index is 1120. The predicted molar refractivity (Wildman–Crippen MR) is 261 cm³/mol. The van der Waals surface area contributed by atoms with Gasteiger partial charge in [-0.15, -0.1) is 0 Å². The number of carbonyl (C=O) groups excluding carboxylic acids is 3. The van der Waals surface area contributed by atoms with Crippen LogP contribution in [0.25, 0.3) is 0 Å². The van der Waals surface area contributed by atoms with Crippen LogP contribution in [-0.4, -0.2) is 37.2 Å². The highest BCUT2D eigenvalue weighted by Gasteiger charge is 2.19. The number of ether oxygens (including phenoxy) is 3. The monoisotopic (exact) mass is 853 g/mol. The molecule has 0 aliphatic rings. The van der Waals surface area contributed by atoms with Crippen LogP contribution < -0.4 is 0 Å². The number of carbonyl (C=O) groups is 3. The molecule has 6 heteroatoms. The first-order valence-corrected chi connectivity index (χ1v) is 25.8. The second kappa shape index (κ2) is 49.8. The van der Waals surface area contributed by atoms with Gasteiger partial charge in [0, 0.05) is 19.3 Å². The first kappa shape index (κ1) is 58.1. The number of rotatable bonds is 46. The van der Waals surface area contributed by atoms with Crippen molar-refractivity contribution in [3.05, 3.63) is 60.8 Å². The van der Waals surface area contributed by atoms with Gasteiger partial charge < -0.3 is 14.2 Å². The lowest BCUT2D eigenvalue weighted by Gasteiger charge is -2.18. The molecule has 0 spiro atoms. The third kappa shape index (κ3) is 48.0. The van der Waals surface area contributed by atoms with Gasteiger partial charge in [0.2, 0.25) is 0 Å². The molecule has 0 fully saturated rings. The molecule has 61 heavy (non-hydrogen) atoms. The molecule has 0 N–H and O–H groups in total. The van der Waals surface area contributed by atoms with Crippen LogP contribution in [0.4, 0.5) is 0 Å². The van der Waals surface area contributed by atoms with E-state index in [9.17, 15) is 14.4 Å². The van der Waals surface area contributed by atoms with Crippen LogP contribution in [-0.2, 0) is 28.6 Å². The van der Waals surface area contributed by atoms with Crippen LogP contribution in [0.15, 0.2) is 60.8 Å². The fourth-order valence-electron chi connectivity index (χ4n) is 7.08. The molecule has 0 aliphatic carbocycles. The lowest BCUT2D eigenvalue weighted by atomic mass is 10.1. The lowest BCUT2D eigenvalue weighted by Crippen LogP contribution is -2.30. The second-order valence-corrected chi connectivity index (χ2v) is 17.0. The number of hydrogen-bond acceptors (Lipinski definition) is 6. The van der Waals surface area contributed by atoms with Crippen molar-refractivity contribution in [3.8, 4) is 0 Å². The largest absolute Gasteiger partial charge is 0.462 e. The summed E-state index contributed by atoms with van der Waals surface area (Å²) in [6, 6.07) is 0. The lowest BCUT2D eigenvalue weighted by molar-refractivity contribution is -0.167. The maximum Gasteiger partial charge on any atom is 0.306 e. The summed E-state index contributed by atoms with van der Waals surface area (Å²) in [4.78, 5) is 37.9. The zero-order valence-electron chi connectivity index (χ0n) is 40.2. The van der Waals surface area contributed by atoms with Gasteiger partial charge in [0.1, 0.15) is 13.2 Å². The number of hydrogen-bond donors (Lipinski definition) is 0. The minimum Gasteiger partial charge on any atom is -0.462 e. The Balaban J connectivity index is 4.34. The molecule has 0 aromatic carbocycles. The van der Waals surface area contributed by atoms with E-state index < -0.39 is 6.10 Å². The Morgan fingerprint density at radius 1 is 0.344 bits per heavy atom. The second-order valence-electron chi connectivity index (χ2n) is 17.0. The third-order valence-corrected chi connectivity index (χ3v) is 11.0. The molecule has 0 amide bonds. The van der Waals surface area contributed by atoms with E-state index in [2.05, 4.69) is 81.5 Å². The van der Waals surface area contributed by atoms with Gasteiger partial charge >= 0.3 is 17.9 Å². The Hall–Kier alpha value is -2.89. The molecular formula is C55H96O6. The Morgan fingerprint density at radius 2 is 0.656 bits per heavy atom. The molecule has 0 aromatic heterocycles. The van der Waals surface area contributed by atoms with Gasteiger partial charge in [-0.05, 0) is 96.3 Å². The summed E-state index contributed by atoms with van der Waals surface area (Å²) in [6.07, 6.45) is 60.7. The molecule has 352 valence electrons. The summed E-state index contributed by atoms with van der Waals surface area (Å²) in [6.45, 7) is 6.46. The van der Waals surface area contributed by atoms with Gasteiger partial charge in [-0.3, -0.25) is 14.4 Å². The molecule has 0 bridgehead atoms. The number of esters is 3. The van der Waals surface area contributed by atoms with E-state index in [1.165, 1.54) is 103 Å².